The van der Waals surface area contributed by atoms with Crippen LogP contribution in [0.2, 0.25) is 0 Å². The predicted octanol–water partition coefficient (Wildman–Crippen LogP) is 9.89. The van der Waals surface area contributed by atoms with Gasteiger partial charge in [-0.3, -0.25) is 0 Å². The Morgan fingerprint density at radius 3 is 1.41 bits per heavy atom. The van der Waals surface area contributed by atoms with Crippen LogP contribution in [-0.4, -0.2) is 45.4 Å². The third-order valence-corrected chi connectivity index (χ3v) is 21.8. The van der Waals surface area contributed by atoms with Gasteiger partial charge in [-0.25, -0.2) is 0 Å². The van der Waals surface area contributed by atoms with E-state index in [-0.39, 0.29) is 24.5 Å². The summed E-state index contributed by atoms with van der Waals surface area (Å²) in [5, 5.41) is 1.46. The van der Waals surface area contributed by atoms with E-state index in [4.69, 9.17) is 14.2 Å². The average Bonchev–Trinajstić information content (AvgIpc) is 2.88. The van der Waals surface area contributed by atoms with Crippen molar-refractivity contribution in [3.05, 3.63) is 0 Å². The largest absolute Gasteiger partial charge is 0.343 e. The molecule has 7 atom stereocenters. The maximum atomic E-state index is 7.23. The first-order valence-electron chi connectivity index (χ1n) is 19.5. The van der Waals surface area contributed by atoms with Crippen LogP contribution < -0.4 is 0 Å². The second-order valence-electron chi connectivity index (χ2n) is 20.1. The summed E-state index contributed by atoms with van der Waals surface area (Å²) in [6, 6.07) is 0. The first-order valence-corrected chi connectivity index (χ1v) is 21.8. The molecule has 5 heteroatoms. The Kier molecular flexibility index (Phi) is 6.26. The van der Waals surface area contributed by atoms with Gasteiger partial charge in [-0.2, -0.15) is 0 Å². The molecule has 9 aliphatic carbocycles. The number of rotatable bonds is 6. The Labute approximate surface area is 272 Å². The predicted molar refractivity (Wildman–Crippen MR) is 182 cm³/mol. The molecule has 0 aromatic heterocycles. The van der Waals surface area contributed by atoms with Gasteiger partial charge in [0.2, 0.25) is 0 Å². The number of hydrogen-bond acceptors (Lipinski definition) is 3. The summed E-state index contributed by atoms with van der Waals surface area (Å²) in [6.07, 6.45) is 29.5. The minimum absolute atomic E-state index is 0.0119. The van der Waals surface area contributed by atoms with E-state index in [1.54, 1.807) is 83.2 Å². The van der Waals surface area contributed by atoms with Gasteiger partial charge in [-0.1, -0.05) is 20.8 Å². The fourth-order valence-corrected chi connectivity index (χ4v) is 24.0. The Bertz CT molecular complexity index is 1050. The van der Waals surface area contributed by atoms with Crippen LogP contribution in [0.4, 0.5) is 0 Å². The fraction of sp³-hybridized carbons (Fsp3) is 1.00. The topological polar surface area (TPSA) is 27.7 Å². The van der Waals surface area contributed by atoms with Gasteiger partial charge in [0.05, 0.1) is 11.2 Å². The molecule has 5 unspecified atom stereocenters. The van der Waals surface area contributed by atoms with E-state index in [0.29, 0.717) is 5.92 Å². The molecule has 3 nitrogen and oxygen atoms in total. The highest BCUT2D eigenvalue weighted by atomic mass is 31.1. The standard InChI is InChI=1S/C39H62O3P2/c1-33-22-35(3)41-34(2,23-36(4,40-33)42-35)39(33,24-43)32-8-6-5-7-31(32)21-44(37-15-25-9-26(16-37)11-27(10-25)17-37)38-18-28-12-29(19-38)14-30(13-28)20-38/h25-32H,5-24,43H2,1-4H3/t25?,26?,27?,28?,29?,30?,31-,32-,33?,34?,35?,36?,37?,38?,39?,44?/m1/s1. The van der Waals surface area contributed by atoms with E-state index in [0.717, 1.165) is 70.7 Å². The summed E-state index contributed by atoms with van der Waals surface area (Å²) >= 11 is 0. The third kappa shape index (κ3) is 3.87. The lowest BCUT2D eigenvalue weighted by molar-refractivity contribution is -0.549. The Balaban J connectivity index is 1.07. The van der Waals surface area contributed by atoms with Gasteiger partial charge in [0.1, 0.15) is 0 Å². The van der Waals surface area contributed by atoms with Crippen molar-refractivity contribution in [3.8, 4) is 0 Å². The molecular formula is C39H62O3P2. The molecule has 44 heavy (non-hydrogen) atoms. The van der Waals surface area contributed by atoms with E-state index >= 15 is 0 Å². The molecule has 13 fully saturated rings. The van der Waals surface area contributed by atoms with E-state index in [9.17, 15) is 0 Å². The molecule has 4 aliphatic heterocycles. The van der Waals surface area contributed by atoms with Gasteiger partial charge in [-0.05, 0) is 188 Å². The molecule has 0 spiro atoms. The van der Waals surface area contributed by atoms with Gasteiger partial charge < -0.3 is 14.2 Å². The van der Waals surface area contributed by atoms with E-state index < -0.39 is 11.6 Å². The zero-order valence-electron chi connectivity index (χ0n) is 28.5. The minimum atomic E-state index is -0.521. The average molecular weight is 641 g/mol. The summed E-state index contributed by atoms with van der Waals surface area (Å²) in [5.41, 5.74) is -0.374. The lowest BCUT2D eigenvalue weighted by Gasteiger charge is -2.77. The lowest BCUT2D eigenvalue weighted by Crippen LogP contribution is -2.84. The Morgan fingerprint density at radius 1 is 0.591 bits per heavy atom. The SMILES string of the molecule is CC12CC3(C)OC(C)(CC(C)(O1)C3(CP)[C@@H]1CCCC[C@@H]1CP(C13CC4CC(CC(C4)C1)C3)C13CC4CC(CC(C4)C1)C3)O2. The smallest absolute Gasteiger partial charge is 0.172 e. The molecule has 4 saturated heterocycles. The molecule has 13 rings (SSSR count). The van der Waals surface area contributed by atoms with Crippen molar-refractivity contribution in [2.24, 2.45) is 52.8 Å². The van der Waals surface area contributed by atoms with Crippen molar-refractivity contribution < 1.29 is 14.2 Å². The summed E-state index contributed by atoms with van der Waals surface area (Å²) in [4.78, 5) is 0. The highest BCUT2D eigenvalue weighted by molar-refractivity contribution is 7.61. The first kappa shape index (κ1) is 29.6. The van der Waals surface area contributed by atoms with Gasteiger partial charge in [-0.15, -0.1) is 9.24 Å². The Morgan fingerprint density at radius 2 is 1.00 bits per heavy atom. The number of hydrogen-bond donors (Lipinski definition) is 0. The molecule has 0 amide bonds. The van der Waals surface area contributed by atoms with Crippen LogP contribution in [0.25, 0.3) is 0 Å². The molecule has 9 saturated carbocycles. The molecule has 0 radical (unpaired) electrons. The van der Waals surface area contributed by atoms with Crippen molar-refractivity contribution >= 4 is 17.2 Å². The van der Waals surface area contributed by atoms with Crippen LogP contribution in [0, 0.1) is 52.8 Å². The molecule has 4 heterocycles. The second kappa shape index (κ2) is 9.29. The van der Waals surface area contributed by atoms with Crippen molar-refractivity contribution in [3.63, 3.8) is 0 Å². The molecule has 0 N–H and O–H groups in total. The van der Waals surface area contributed by atoms with Crippen LogP contribution in [0.3, 0.4) is 0 Å². The van der Waals surface area contributed by atoms with Gasteiger partial charge in [0, 0.05) is 18.3 Å². The molecule has 12 bridgehead atoms. The quantitative estimate of drug-likeness (QED) is 0.271. The highest BCUT2D eigenvalue weighted by Gasteiger charge is 2.79. The van der Waals surface area contributed by atoms with Crippen LogP contribution >= 0.6 is 17.2 Å². The maximum absolute atomic E-state index is 7.23. The fourth-order valence-electron chi connectivity index (χ4n) is 17.3. The lowest BCUT2D eigenvalue weighted by atomic mass is 9.46. The van der Waals surface area contributed by atoms with Gasteiger partial charge in [0.15, 0.2) is 11.6 Å². The zero-order valence-corrected chi connectivity index (χ0v) is 30.6. The van der Waals surface area contributed by atoms with Crippen molar-refractivity contribution in [1.29, 1.82) is 0 Å². The minimum Gasteiger partial charge on any atom is -0.343 e. The van der Waals surface area contributed by atoms with E-state index in [1.165, 1.54) is 25.7 Å². The molecule has 0 aromatic carbocycles. The summed E-state index contributed by atoms with van der Waals surface area (Å²) in [7, 11) is 3.30. The first-order chi connectivity index (χ1) is 20.9. The van der Waals surface area contributed by atoms with Gasteiger partial charge >= 0.3 is 0 Å². The molecule has 0 aromatic rings. The van der Waals surface area contributed by atoms with Crippen LogP contribution in [0.15, 0.2) is 0 Å². The van der Waals surface area contributed by atoms with Gasteiger partial charge in [0.25, 0.3) is 0 Å². The zero-order chi connectivity index (χ0) is 30.0. The monoisotopic (exact) mass is 640 g/mol. The second-order valence-corrected chi connectivity index (χ2v) is 23.6. The summed E-state index contributed by atoms with van der Waals surface area (Å²) < 4.78 is 21.0. The van der Waals surface area contributed by atoms with E-state index in [2.05, 4.69) is 36.9 Å². The maximum Gasteiger partial charge on any atom is 0.172 e. The molecular weight excluding hydrogens is 578 g/mol. The molecule has 246 valence electrons. The summed E-state index contributed by atoms with van der Waals surface area (Å²) in [6.45, 7) is 9.44. The summed E-state index contributed by atoms with van der Waals surface area (Å²) in [5.74, 6) is 6.95. The van der Waals surface area contributed by atoms with Crippen LogP contribution in [0.5, 0.6) is 0 Å². The van der Waals surface area contributed by atoms with Crippen LogP contribution in [0.1, 0.15) is 143 Å². The van der Waals surface area contributed by atoms with Crippen molar-refractivity contribution in [1.82, 2.24) is 0 Å². The number of ether oxygens (including phenoxy) is 3. The normalized spacial score (nSPS) is 63.8. The van der Waals surface area contributed by atoms with E-state index in [1.807, 2.05) is 0 Å². The molecule has 13 aliphatic rings. The van der Waals surface area contributed by atoms with Crippen molar-refractivity contribution in [2.75, 3.05) is 12.3 Å². The van der Waals surface area contributed by atoms with Crippen LogP contribution in [-0.2, 0) is 14.2 Å². The third-order valence-electron chi connectivity index (χ3n) is 17.0. The Hall–Kier alpha value is 0.740. The van der Waals surface area contributed by atoms with Crippen molar-refractivity contribution in [2.45, 2.75) is 176 Å². The highest BCUT2D eigenvalue weighted by Crippen LogP contribution is 2.80.